The van der Waals surface area contributed by atoms with Crippen molar-refractivity contribution >= 4 is 19.7 Å². The average molecular weight is 211 g/mol. The van der Waals surface area contributed by atoms with Gasteiger partial charge in [-0.2, -0.15) is 0 Å². The molecule has 1 aliphatic carbocycles. The summed E-state index contributed by atoms with van der Waals surface area (Å²) in [4.78, 5) is 0. The van der Waals surface area contributed by atoms with Crippen molar-refractivity contribution in [3.05, 3.63) is 0 Å². The number of halogens is 1. The molecule has 72 valence electrons. The van der Waals surface area contributed by atoms with Gasteiger partial charge in [-0.25, -0.2) is 8.42 Å². The predicted octanol–water partition coefficient (Wildman–Crippen LogP) is 2.52. The van der Waals surface area contributed by atoms with Crippen LogP contribution in [-0.4, -0.2) is 13.7 Å². The average Bonchev–Trinajstić information content (AvgIpc) is 2.03. The summed E-state index contributed by atoms with van der Waals surface area (Å²) < 4.78 is 21.9. The van der Waals surface area contributed by atoms with E-state index in [2.05, 4.69) is 6.92 Å². The lowest BCUT2D eigenvalue weighted by Crippen LogP contribution is -2.23. The maximum Gasteiger partial charge on any atom is 0.235 e. The quantitative estimate of drug-likeness (QED) is 0.657. The molecule has 0 saturated heterocycles. The van der Waals surface area contributed by atoms with E-state index in [9.17, 15) is 8.42 Å². The van der Waals surface area contributed by atoms with Gasteiger partial charge in [0.15, 0.2) is 0 Å². The van der Waals surface area contributed by atoms with Gasteiger partial charge in [0.05, 0.1) is 5.25 Å². The van der Waals surface area contributed by atoms with E-state index in [1.165, 1.54) is 0 Å². The van der Waals surface area contributed by atoms with Crippen molar-refractivity contribution < 1.29 is 8.42 Å². The molecule has 2 nitrogen and oxygen atoms in total. The maximum absolute atomic E-state index is 10.9. The van der Waals surface area contributed by atoms with E-state index in [0.29, 0.717) is 0 Å². The van der Waals surface area contributed by atoms with Crippen molar-refractivity contribution in [2.24, 2.45) is 5.92 Å². The van der Waals surface area contributed by atoms with Crippen LogP contribution in [0.1, 0.15) is 39.0 Å². The van der Waals surface area contributed by atoms with Crippen LogP contribution in [0.4, 0.5) is 0 Å². The topological polar surface area (TPSA) is 34.1 Å². The number of hydrogen-bond acceptors (Lipinski definition) is 2. The minimum absolute atomic E-state index is 0.276. The first-order valence-electron chi connectivity index (χ1n) is 4.47. The summed E-state index contributed by atoms with van der Waals surface area (Å²) in [6, 6.07) is 0. The minimum atomic E-state index is -3.29. The van der Waals surface area contributed by atoms with E-state index in [1.807, 2.05) is 0 Å². The van der Waals surface area contributed by atoms with Crippen LogP contribution in [0.3, 0.4) is 0 Å². The smallest absolute Gasteiger partial charge is 0.212 e. The van der Waals surface area contributed by atoms with Crippen LogP contribution >= 0.6 is 10.7 Å². The molecule has 0 unspecified atom stereocenters. The van der Waals surface area contributed by atoms with Crippen LogP contribution in [0.15, 0.2) is 0 Å². The molecule has 0 heterocycles. The van der Waals surface area contributed by atoms with Crippen LogP contribution in [-0.2, 0) is 9.05 Å². The van der Waals surface area contributed by atoms with Gasteiger partial charge in [0, 0.05) is 10.7 Å². The molecule has 0 aromatic rings. The monoisotopic (exact) mass is 210 g/mol. The van der Waals surface area contributed by atoms with Crippen LogP contribution in [0.5, 0.6) is 0 Å². The second-order valence-electron chi connectivity index (χ2n) is 3.53. The molecule has 0 amide bonds. The van der Waals surface area contributed by atoms with E-state index in [4.69, 9.17) is 10.7 Å². The van der Waals surface area contributed by atoms with Crippen LogP contribution < -0.4 is 0 Å². The first-order chi connectivity index (χ1) is 5.54. The molecule has 1 aliphatic rings. The van der Waals surface area contributed by atoms with Crippen LogP contribution in [0.2, 0.25) is 0 Å². The molecule has 4 heteroatoms. The summed E-state index contributed by atoms with van der Waals surface area (Å²) in [5.41, 5.74) is 0. The molecule has 12 heavy (non-hydrogen) atoms. The zero-order valence-electron chi connectivity index (χ0n) is 7.29. The highest BCUT2D eigenvalue weighted by molar-refractivity contribution is 8.14. The fraction of sp³-hybridized carbons (Fsp3) is 1.00. The van der Waals surface area contributed by atoms with Gasteiger partial charge in [0.2, 0.25) is 9.05 Å². The normalized spacial score (nSPS) is 31.8. The van der Waals surface area contributed by atoms with E-state index in [-0.39, 0.29) is 5.25 Å². The molecular formula is C8H15ClO2S. The Morgan fingerprint density at radius 1 is 1.25 bits per heavy atom. The summed E-state index contributed by atoms with van der Waals surface area (Å²) in [5.74, 6) is 0.722. The van der Waals surface area contributed by atoms with Crippen molar-refractivity contribution in [1.82, 2.24) is 0 Å². The molecule has 0 N–H and O–H groups in total. The molecule has 1 saturated carbocycles. The van der Waals surface area contributed by atoms with Crippen LogP contribution in [0, 0.1) is 5.92 Å². The first kappa shape index (κ1) is 10.3. The molecule has 0 atom stereocenters. The summed E-state index contributed by atoms with van der Waals surface area (Å²) in [7, 11) is 1.99. The maximum atomic E-state index is 10.9. The van der Waals surface area contributed by atoms with Crippen molar-refractivity contribution in [2.75, 3.05) is 0 Å². The molecule has 1 fully saturated rings. The molecule has 0 aliphatic heterocycles. The molecule has 1 rings (SSSR count). The highest BCUT2D eigenvalue weighted by Crippen LogP contribution is 2.31. The van der Waals surface area contributed by atoms with Gasteiger partial charge in [-0.15, -0.1) is 0 Å². The Labute approximate surface area is 78.7 Å². The van der Waals surface area contributed by atoms with Gasteiger partial charge in [-0.3, -0.25) is 0 Å². The zero-order chi connectivity index (χ0) is 9.19. The fourth-order valence-electron chi connectivity index (χ4n) is 1.82. The Balaban J connectivity index is 2.47. The van der Waals surface area contributed by atoms with Crippen molar-refractivity contribution in [1.29, 1.82) is 0 Å². The lowest BCUT2D eigenvalue weighted by Gasteiger charge is -2.25. The highest BCUT2D eigenvalue weighted by atomic mass is 35.7. The summed E-state index contributed by atoms with van der Waals surface area (Å²) in [6.45, 7) is 2.15. The molecule has 0 aromatic heterocycles. The summed E-state index contributed by atoms with van der Waals surface area (Å²) in [5, 5.41) is -0.276. The Kier molecular flexibility index (Phi) is 3.41. The SMILES string of the molecule is CCC1CCC(S(=O)(=O)Cl)CC1. The number of hydrogen-bond donors (Lipinski definition) is 0. The second-order valence-corrected chi connectivity index (χ2v) is 6.43. The third-order valence-corrected chi connectivity index (χ3v) is 4.79. The lowest BCUT2D eigenvalue weighted by molar-refractivity contribution is 0.350. The molecule has 0 bridgehead atoms. The Morgan fingerprint density at radius 2 is 1.75 bits per heavy atom. The third kappa shape index (κ3) is 2.63. The van der Waals surface area contributed by atoms with E-state index in [0.717, 1.165) is 38.0 Å². The van der Waals surface area contributed by atoms with Gasteiger partial charge >= 0.3 is 0 Å². The van der Waals surface area contributed by atoms with Crippen molar-refractivity contribution in [3.63, 3.8) is 0 Å². The van der Waals surface area contributed by atoms with Crippen molar-refractivity contribution in [3.8, 4) is 0 Å². The van der Waals surface area contributed by atoms with E-state index < -0.39 is 9.05 Å². The highest BCUT2D eigenvalue weighted by Gasteiger charge is 2.28. The minimum Gasteiger partial charge on any atom is -0.212 e. The van der Waals surface area contributed by atoms with Gasteiger partial charge in [0.25, 0.3) is 0 Å². The van der Waals surface area contributed by atoms with Gasteiger partial charge < -0.3 is 0 Å². The fourth-order valence-corrected chi connectivity index (χ4v) is 3.19. The lowest BCUT2D eigenvalue weighted by atomic mass is 9.87. The van der Waals surface area contributed by atoms with Crippen LogP contribution in [0.25, 0.3) is 0 Å². The zero-order valence-corrected chi connectivity index (χ0v) is 8.87. The van der Waals surface area contributed by atoms with E-state index >= 15 is 0 Å². The van der Waals surface area contributed by atoms with Gasteiger partial charge in [-0.1, -0.05) is 13.3 Å². The van der Waals surface area contributed by atoms with Gasteiger partial charge in [0.1, 0.15) is 0 Å². The Morgan fingerprint density at radius 3 is 2.08 bits per heavy atom. The van der Waals surface area contributed by atoms with Gasteiger partial charge in [-0.05, 0) is 31.6 Å². The largest absolute Gasteiger partial charge is 0.235 e. The standard InChI is InChI=1S/C8H15ClO2S/c1-2-7-3-5-8(6-4-7)12(9,10)11/h7-8H,2-6H2,1H3. The third-order valence-electron chi connectivity index (χ3n) is 2.77. The van der Waals surface area contributed by atoms with E-state index in [1.54, 1.807) is 0 Å². The van der Waals surface area contributed by atoms with Crippen molar-refractivity contribution in [2.45, 2.75) is 44.3 Å². The predicted molar refractivity (Wildman–Crippen MR) is 50.8 cm³/mol. The Bertz CT molecular complexity index is 227. The molecule has 0 aromatic carbocycles. The summed E-state index contributed by atoms with van der Waals surface area (Å²) >= 11 is 0. The second kappa shape index (κ2) is 3.97. The Hall–Kier alpha value is 0.240. The number of rotatable bonds is 2. The first-order valence-corrected chi connectivity index (χ1v) is 6.84. The molecular weight excluding hydrogens is 196 g/mol. The molecule has 0 radical (unpaired) electrons. The summed E-state index contributed by atoms with van der Waals surface area (Å²) in [6.07, 6.45) is 4.71. The molecule has 0 spiro atoms.